The SMILES string of the molecule is C=C1CC[C@H]2C(C)(C)CCC[C@]2(C)[C@@H]1CCC(C)=CCOP(=O)(O)OP(=O)(O)O. The summed E-state index contributed by atoms with van der Waals surface area (Å²) in [6, 6.07) is 0. The Balaban J connectivity index is 1.97. The lowest BCUT2D eigenvalue weighted by Crippen LogP contribution is -2.49. The van der Waals surface area contributed by atoms with Crippen LogP contribution in [0.3, 0.4) is 0 Å². The molecule has 0 aromatic heterocycles. The first-order valence-electron chi connectivity index (χ1n) is 10.2. The van der Waals surface area contributed by atoms with Crippen LogP contribution in [0.5, 0.6) is 0 Å². The summed E-state index contributed by atoms with van der Waals surface area (Å²) in [5.74, 6) is 1.14. The van der Waals surface area contributed by atoms with Crippen LogP contribution in [-0.2, 0) is 18.0 Å². The maximum Gasteiger partial charge on any atom is 0.481 e. The highest BCUT2D eigenvalue weighted by molar-refractivity contribution is 7.60. The molecule has 29 heavy (non-hydrogen) atoms. The van der Waals surface area contributed by atoms with Gasteiger partial charge in [0, 0.05) is 0 Å². The van der Waals surface area contributed by atoms with E-state index in [9.17, 15) is 14.0 Å². The van der Waals surface area contributed by atoms with Crippen LogP contribution in [0.25, 0.3) is 0 Å². The summed E-state index contributed by atoms with van der Waals surface area (Å²) >= 11 is 0. The van der Waals surface area contributed by atoms with Crippen molar-refractivity contribution in [3.05, 3.63) is 23.8 Å². The van der Waals surface area contributed by atoms with Crippen LogP contribution in [0, 0.1) is 22.7 Å². The van der Waals surface area contributed by atoms with E-state index in [1.807, 2.05) is 6.92 Å². The Morgan fingerprint density at radius 1 is 1.24 bits per heavy atom. The van der Waals surface area contributed by atoms with Gasteiger partial charge in [-0.15, -0.1) is 0 Å². The van der Waals surface area contributed by atoms with Crippen LogP contribution >= 0.6 is 15.6 Å². The van der Waals surface area contributed by atoms with Gasteiger partial charge < -0.3 is 14.7 Å². The highest BCUT2D eigenvalue weighted by atomic mass is 31.3. The summed E-state index contributed by atoms with van der Waals surface area (Å²) in [7, 11) is -9.88. The molecule has 168 valence electrons. The number of hydrogen-bond acceptors (Lipinski definition) is 4. The molecule has 3 N–H and O–H groups in total. The Morgan fingerprint density at radius 3 is 2.52 bits per heavy atom. The van der Waals surface area contributed by atoms with Gasteiger partial charge in [-0.3, -0.25) is 4.52 Å². The third kappa shape index (κ3) is 6.61. The molecule has 0 heterocycles. The second-order valence-corrected chi connectivity index (χ2v) is 12.4. The Labute approximate surface area is 174 Å². The van der Waals surface area contributed by atoms with E-state index >= 15 is 0 Å². The van der Waals surface area contributed by atoms with E-state index in [0.717, 1.165) is 24.8 Å². The largest absolute Gasteiger partial charge is 0.481 e. The number of phosphoric acid groups is 2. The van der Waals surface area contributed by atoms with Crippen molar-refractivity contribution in [3.63, 3.8) is 0 Å². The fraction of sp³-hybridized carbons (Fsp3) is 0.800. The summed E-state index contributed by atoms with van der Waals surface area (Å²) in [5.41, 5.74) is 2.94. The molecule has 2 fully saturated rings. The highest BCUT2D eigenvalue weighted by Gasteiger charge is 2.52. The van der Waals surface area contributed by atoms with Crippen molar-refractivity contribution in [2.75, 3.05) is 6.61 Å². The van der Waals surface area contributed by atoms with Gasteiger partial charge in [-0.25, -0.2) is 9.13 Å². The molecule has 0 saturated heterocycles. The molecule has 2 aliphatic carbocycles. The molecule has 0 aromatic rings. The molecule has 0 amide bonds. The lowest BCUT2D eigenvalue weighted by Gasteiger charge is -2.58. The molecule has 7 nitrogen and oxygen atoms in total. The first-order valence-corrected chi connectivity index (χ1v) is 13.3. The quantitative estimate of drug-likeness (QED) is 0.319. The topological polar surface area (TPSA) is 113 Å². The van der Waals surface area contributed by atoms with Crippen LogP contribution < -0.4 is 0 Å². The van der Waals surface area contributed by atoms with Gasteiger partial charge >= 0.3 is 15.6 Å². The van der Waals surface area contributed by atoms with E-state index in [2.05, 4.69) is 36.2 Å². The molecule has 2 rings (SSSR count). The fourth-order valence-corrected chi connectivity index (χ4v) is 7.24. The second-order valence-electron chi connectivity index (χ2n) is 9.58. The average Bonchev–Trinajstić information content (AvgIpc) is 2.50. The third-order valence-corrected chi connectivity index (χ3v) is 9.18. The van der Waals surface area contributed by atoms with Crippen molar-refractivity contribution in [2.45, 2.75) is 72.6 Å². The standard InChI is InChI=1S/C20H36O7P2/c1-15(11-14-26-29(24,25)27-28(21,22)23)7-9-17-16(2)8-10-18-19(3,4)12-6-13-20(17,18)5/h11,17-18H,2,6-10,12-14H2,1,3-5H3,(H,24,25)(H2,21,22,23)/t17-,18+,20-/m1/s1. The molecule has 0 bridgehead atoms. The predicted molar refractivity (Wildman–Crippen MR) is 113 cm³/mol. The zero-order chi connectivity index (χ0) is 22.1. The predicted octanol–water partition coefficient (Wildman–Crippen LogP) is 5.74. The third-order valence-electron chi connectivity index (χ3n) is 7.03. The van der Waals surface area contributed by atoms with E-state index in [1.165, 1.54) is 31.3 Å². The van der Waals surface area contributed by atoms with E-state index in [1.54, 1.807) is 6.08 Å². The summed E-state index contributed by atoms with van der Waals surface area (Å²) in [6.07, 6.45) is 9.48. The Morgan fingerprint density at radius 2 is 1.90 bits per heavy atom. The number of hydrogen-bond donors (Lipinski definition) is 3. The zero-order valence-corrected chi connectivity index (χ0v) is 19.8. The van der Waals surface area contributed by atoms with Crippen molar-refractivity contribution < 1.29 is 32.6 Å². The van der Waals surface area contributed by atoms with E-state index < -0.39 is 15.6 Å². The number of allylic oxidation sites excluding steroid dienone is 2. The van der Waals surface area contributed by atoms with E-state index in [0.29, 0.717) is 17.3 Å². The lowest BCUT2D eigenvalue weighted by molar-refractivity contribution is -0.0539. The van der Waals surface area contributed by atoms with Crippen LogP contribution in [0.4, 0.5) is 0 Å². The fourth-order valence-electron chi connectivity index (χ4n) is 5.71. The molecule has 2 aliphatic rings. The van der Waals surface area contributed by atoms with E-state index in [4.69, 9.17) is 9.79 Å². The van der Waals surface area contributed by atoms with Crippen molar-refractivity contribution in [2.24, 2.45) is 22.7 Å². The van der Waals surface area contributed by atoms with Gasteiger partial charge in [0.25, 0.3) is 0 Å². The van der Waals surface area contributed by atoms with Gasteiger partial charge in [-0.05, 0) is 68.1 Å². The average molecular weight is 450 g/mol. The van der Waals surface area contributed by atoms with Crippen LogP contribution in [0.15, 0.2) is 23.8 Å². The van der Waals surface area contributed by atoms with Gasteiger partial charge in [-0.1, -0.05) is 51.0 Å². The van der Waals surface area contributed by atoms with Crippen molar-refractivity contribution >= 4 is 15.6 Å². The minimum atomic E-state index is -5.09. The molecule has 4 atom stereocenters. The molecular formula is C20H36O7P2. The minimum absolute atomic E-state index is 0.252. The zero-order valence-electron chi connectivity index (χ0n) is 18.0. The van der Waals surface area contributed by atoms with Gasteiger partial charge in [-0.2, -0.15) is 4.31 Å². The first kappa shape index (κ1) is 25.0. The summed E-state index contributed by atoms with van der Waals surface area (Å²) in [6.45, 7) is 13.3. The van der Waals surface area contributed by atoms with Gasteiger partial charge in [0.1, 0.15) is 0 Å². The minimum Gasteiger partial charge on any atom is -0.302 e. The first-order chi connectivity index (χ1) is 13.2. The van der Waals surface area contributed by atoms with Gasteiger partial charge in [0.2, 0.25) is 0 Å². The Bertz CT molecular complexity index is 739. The molecule has 2 saturated carbocycles. The smallest absolute Gasteiger partial charge is 0.302 e. The number of rotatable bonds is 8. The van der Waals surface area contributed by atoms with Crippen LogP contribution in [0.2, 0.25) is 0 Å². The maximum atomic E-state index is 11.5. The Kier molecular flexibility index (Phi) is 7.83. The van der Waals surface area contributed by atoms with Crippen molar-refractivity contribution in [1.29, 1.82) is 0 Å². The molecule has 9 heteroatoms. The summed E-state index contributed by atoms with van der Waals surface area (Å²) < 4.78 is 30.6. The molecule has 1 unspecified atom stereocenters. The number of fused-ring (bicyclic) bond motifs is 1. The summed E-state index contributed by atoms with van der Waals surface area (Å²) in [4.78, 5) is 26.6. The van der Waals surface area contributed by atoms with Crippen LogP contribution in [-0.4, -0.2) is 21.3 Å². The number of phosphoric ester groups is 1. The Hall–Kier alpha value is -0.260. The molecule has 0 radical (unpaired) electrons. The molecular weight excluding hydrogens is 414 g/mol. The van der Waals surface area contributed by atoms with Crippen molar-refractivity contribution in [1.82, 2.24) is 0 Å². The molecule has 0 spiro atoms. The van der Waals surface area contributed by atoms with Gasteiger partial charge in [0.15, 0.2) is 0 Å². The summed E-state index contributed by atoms with van der Waals surface area (Å²) in [5, 5.41) is 0. The normalized spacial score (nSPS) is 32.5. The molecule has 0 aliphatic heterocycles. The van der Waals surface area contributed by atoms with Crippen LogP contribution in [0.1, 0.15) is 72.6 Å². The van der Waals surface area contributed by atoms with E-state index in [-0.39, 0.29) is 12.0 Å². The highest BCUT2D eigenvalue weighted by Crippen LogP contribution is 2.62. The lowest BCUT2D eigenvalue weighted by atomic mass is 9.47. The molecule has 0 aromatic carbocycles. The van der Waals surface area contributed by atoms with Crippen molar-refractivity contribution in [3.8, 4) is 0 Å². The monoisotopic (exact) mass is 450 g/mol. The second kappa shape index (κ2) is 9.08. The maximum absolute atomic E-state index is 11.5. The van der Waals surface area contributed by atoms with Gasteiger partial charge in [0.05, 0.1) is 6.61 Å².